The van der Waals surface area contributed by atoms with Gasteiger partial charge in [0.25, 0.3) is 0 Å². The predicted octanol–water partition coefficient (Wildman–Crippen LogP) is 18.6. The van der Waals surface area contributed by atoms with E-state index >= 15 is 0 Å². The fourth-order valence-corrected chi connectivity index (χ4v) is 12.0. The molecule has 0 atom stereocenters. The Hall–Kier alpha value is -9.24. The molecule has 1 spiro atoms. The Morgan fingerprint density at radius 3 is 1.23 bits per heavy atom. The van der Waals surface area contributed by atoms with Crippen molar-refractivity contribution in [1.29, 1.82) is 0 Å². The van der Waals surface area contributed by atoms with E-state index in [2.05, 4.69) is 289 Å². The van der Waals surface area contributed by atoms with Crippen LogP contribution in [0.4, 0.5) is 34.1 Å². The summed E-state index contributed by atoms with van der Waals surface area (Å²) >= 11 is 0. The van der Waals surface area contributed by atoms with Crippen LogP contribution in [0.15, 0.2) is 279 Å². The summed E-state index contributed by atoms with van der Waals surface area (Å²) in [4.78, 5) is 4.84. The summed E-state index contributed by atoms with van der Waals surface area (Å²) in [5.41, 5.74) is 21.4. The molecule has 332 valence electrons. The molecule has 2 heteroatoms. The van der Waals surface area contributed by atoms with E-state index in [9.17, 15) is 0 Å². The van der Waals surface area contributed by atoms with Crippen molar-refractivity contribution in [3.63, 3.8) is 0 Å². The predicted molar refractivity (Wildman–Crippen MR) is 298 cm³/mol. The number of para-hydroxylation sites is 4. The third-order valence-corrected chi connectivity index (χ3v) is 15.0. The van der Waals surface area contributed by atoms with Crippen LogP contribution in [0.25, 0.3) is 66.1 Å². The smallest absolute Gasteiger partial charge is 0.0731 e. The Kier molecular flexibility index (Phi) is 9.47. The van der Waals surface area contributed by atoms with Gasteiger partial charge in [0.05, 0.1) is 16.8 Å². The van der Waals surface area contributed by atoms with Crippen LogP contribution in [0.2, 0.25) is 0 Å². The van der Waals surface area contributed by atoms with E-state index in [0.717, 1.165) is 34.1 Å². The standard InChI is InChI=1S/C69H46N2/c1-5-21-47(22-6-1)56-29-15-19-35-66(56)70(52-25-9-3-10-26-52)54-39-37-49-45-62-61-41-38-50-43-55(71(53-27-11-4-12-28-53)67-36-20-16-30-57(67)48-23-7-2-8-24-48)40-42-58(50)68(61)69(65(62)46-51(49)44-54)63-33-17-13-31-59(63)60-32-14-18-34-64(60)69/h1-46H. The molecule has 71 heavy (non-hydrogen) atoms. The number of rotatable bonds is 8. The molecule has 0 amide bonds. The lowest BCUT2D eigenvalue weighted by Gasteiger charge is -2.32. The molecule has 0 saturated carbocycles. The van der Waals surface area contributed by atoms with Gasteiger partial charge in [-0.3, -0.25) is 0 Å². The van der Waals surface area contributed by atoms with Gasteiger partial charge in [-0.2, -0.15) is 0 Å². The van der Waals surface area contributed by atoms with E-state index in [4.69, 9.17) is 0 Å². The lowest BCUT2D eigenvalue weighted by Crippen LogP contribution is -2.26. The highest BCUT2D eigenvalue weighted by molar-refractivity contribution is 6.08. The summed E-state index contributed by atoms with van der Waals surface area (Å²) in [6.07, 6.45) is 0. The first-order valence-electron chi connectivity index (χ1n) is 24.6. The maximum atomic E-state index is 2.52. The monoisotopic (exact) mass is 902 g/mol. The average Bonchev–Trinajstić information content (AvgIpc) is 3.90. The third kappa shape index (κ3) is 6.35. The van der Waals surface area contributed by atoms with Gasteiger partial charge in [-0.1, -0.05) is 206 Å². The van der Waals surface area contributed by atoms with E-state index in [1.165, 1.54) is 88.3 Å². The van der Waals surface area contributed by atoms with E-state index in [1.807, 2.05) is 0 Å². The quantitative estimate of drug-likeness (QED) is 0.150. The molecular formula is C69H46N2. The van der Waals surface area contributed by atoms with Crippen LogP contribution in [-0.2, 0) is 5.41 Å². The van der Waals surface area contributed by atoms with Crippen LogP contribution in [0.1, 0.15) is 22.3 Å². The fourth-order valence-electron chi connectivity index (χ4n) is 12.0. The van der Waals surface area contributed by atoms with Crippen LogP contribution in [0, 0.1) is 0 Å². The van der Waals surface area contributed by atoms with Crippen molar-refractivity contribution in [3.05, 3.63) is 301 Å². The normalized spacial score (nSPS) is 12.6. The molecule has 0 N–H and O–H groups in total. The highest BCUT2D eigenvalue weighted by Gasteiger charge is 2.52. The summed E-state index contributed by atoms with van der Waals surface area (Å²) in [6.45, 7) is 0. The molecule has 0 aliphatic heterocycles. The van der Waals surface area contributed by atoms with E-state index in [0.29, 0.717) is 0 Å². The Balaban J connectivity index is 0.993. The van der Waals surface area contributed by atoms with Gasteiger partial charge in [0.1, 0.15) is 0 Å². The van der Waals surface area contributed by atoms with Gasteiger partial charge < -0.3 is 9.80 Å². The van der Waals surface area contributed by atoms with E-state index in [1.54, 1.807) is 0 Å². The summed E-state index contributed by atoms with van der Waals surface area (Å²) in [6, 6.07) is 103. The van der Waals surface area contributed by atoms with Crippen LogP contribution < -0.4 is 9.80 Å². The van der Waals surface area contributed by atoms with Gasteiger partial charge >= 0.3 is 0 Å². The molecule has 0 aromatic heterocycles. The summed E-state index contributed by atoms with van der Waals surface area (Å²) in [5.74, 6) is 0. The second-order valence-corrected chi connectivity index (χ2v) is 18.8. The van der Waals surface area contributed by atoms with Crippen LogP contribution in [-0.4, -0.2) is 0 Å². The second kappa shape index (κ2) is 16.5. The fraction of sp³-hybridized carbons (Fsp3) is 0.0145. The topological polar surface area (TPSA) is 6.48 Å². The Morgan fingerprint density at radius 2 is 0.676 bits per heavy atom. The largest absolute Gasteiger partial charge is 0.310 e. The van der Waals surface area contributed by atoms with Crippen molar-refractivity contribution in [3.8, 4) is 44.5 Å². The maximum absolute atomic E-state index is 2.52. The zero-order valence-corrected chi connectivity index (χ0v) is 39.0. The lowest BCUT2D eigenvalue weighted by atomic mass is 9.69. The molecule has 0 unspecified atom stereocenters. The van der Waals surface area contributed by atoms with Gasteiger partial charge in [-0.15, -0.1) is 0 Å². The first-order chi connectivity index (χ1) is 35.2. The van der Waals surface area contributed by atoms with Crippen molar-refractivity contribution in [2.45, 2.75) is 5.41 Å². The number of fused-ring (bicyclic) bond motifs is 13. The first-order valence-corrected chi connectivity index (χ1v) is 24.6. The number of anilines is 6. The number of hydrogen-bond donors (Lipinski definition) is 0. The molecule has 2 aliphatic rings. The molecule has 0 radical (unpaired) electrons. The molecule has 2 aliphatic carbocycles. The number of nitrogens with zero attached hydrogens (tertiary/aromatic N) is 2. The Bertz CT molecular complexity index is 3950. The number of benzene rings is 12. The van der Waals surface area contributed by atoms with Gasteiger partial charge in [0.15, 0.2) is 0 Å². The SMILES string of the molecule is c1ccc(-c2ccccc2N(c2ccccc2)c2ccc3cc4c(cc3c2)C2(c3ccccc3-c3ccccc32)c2c-4ccc3cc(N(c4ccccc4)c4ccccc4-c4ccccc4)ccc23)cc1. The minimum absolute atomic E-state index is 0.554. The van der Waals surface area contributed by atoms with Gasteiger partial charge in [-0.25, -0.2) is 0 Å². The summed E-state index contributed by atoms with van der Waals surface area (Å²) in [7, 11) is 0. The zero-order chi connectivity index (χ0) is 46.9. The molecule has 2 nitrogen and oxygen atoms in total. The van der Waals surface area contributed by atoms with Crippen LogP contribution in [0.5, 0.6) is 0 Å². The van der Waals surface area contributed by atoms with Gasteiger partial charge in [-0.05, 0) is 150 Å². The van der Waals surface area contributed by atoms with Crippen molar-refractivity contribution in [2.75, 3.05) is 9.80 Å². The van der Waals surface area contributed by atoms with Crippen molar-refractivity contribution < 1.29 is 0 Å². The highest BCUT2D eigenvalue weighted by Crippen LogP contribution is 2.65. The minimum atomic E-state index is -0.554. The van der Waals surface area contributed by atoms with Gasteiger partial charge in [0.2, 0.25) is 0 Å². The van der Waals surface area contributed by atoms with Crippen molar-refractivity contribution in [2.24, 2.45) is 0 Å². The molecule has 0 bridgehead atoms. The van der Waals surface area contributed by atoms with Crippen LogP contribution in [0.3, 0.4) is 0 Å². The summed E-state index contributed by atoms with van der Waals surface area (Å²) in [5, 5.41) is 4.88. The molecule has 12 aromatic rings. The molecule has 14 rings (SSSR count). The van der Waals surface area contributed by atoms with Gasteiger partial charge in [0, 0.05) is 33.9 Å². The molecule has 0 saturated heterocycles. The average molecular weight is 903 g/mol. The zero-order valence-electron chi connectivity index (χ0n) is 39.0. The number of hydrogen-bond acceptors (Lipinski definition) is 2. The molecule has 0 fully saturated rings. The lowest BCUT2D eigenvalue weighted by molar-refractivity contribution is 0.802. The van der Waals surface area contributed by atoms with Crippen molar-refractivity contribution >= 4 is 55.7 Å². The Morgan fingerprint density at radius 1 is 0.239 bits per heavy atom. The van der Waals surface area contributed by atoms with Crippen molar-refractivity contribution in [1.82, 2.24) is 0 Å². The second-order valence-electron chi connectivity index (χ2n) is 18.8. The molecule has 0 heterocycles. The maximum Gasteiger partial charge on any atom is 0.0731 e. The van der Waals surface area contributed by atoms with Crippen LogP contribution >= 0.6 is 0 Å². The Labute approximate surface area is 414 Å². The third-order valence-electron chi connectivity index (χ3n) is 15.0. The van der Waals surface area contributed by atoms with E-state index < -0.39 is 5.41 Å². The highest BCUT2D eigenvalue weighted by atomic mass is 15.1. The molecule has 12 aromatic carbocycles. The van der Waals surface area contributed by atoms with E-state index in [-0.39, 0.29) is 0 Å². The molecular weight excluding hydrogens is 857 g/mol. The summed E-state index contributed by atoms with van der Waals surface area (Å²) < 4.78 is 0. The first kappa shape index (κ1) is 40.8. The minimum Gasteiger partial charge on any atom is -0.310 e.